The molecule has 1 atom stereocenters. The van der Waals surface area contributed by atoms with Gasteiger partial charge in [-0.15, -0.1) is 0 Å². The van der Waals surface area contributed by atoms with E-state index in [9.17, 15) is 13.2 Å². The number of hydrogen-bond acceptors (Lipinski definition) is 11. The number of ether oxygens (including phenoxy) is 1. The summed E-state index contributed by atoms with van der Waals surface area (Å²) >= 11 is 0. The maximum atomic E-state index is 15.2. The van der Waals surface area contributed by atoms with E-state index in [0.717, 1.165) is 44.0 Å². The number of rotatable bonds is 13. The molecule has 1 aliphatic rings. The van der Waals surface area contributed by atoms with Crippen LogP contribution in [-0.2, 0) is 26.1 Å². The topological polar surface area (TPSA) is 147 Å². The van der Waals surface area contributed by atoms with Crippen LogP contribution in [-0.4, -0.2) is 109 Å². The SMILES string of the molecule is CCC(C(=O)Nc1ncnc2c(-c3nc(Nc4cccc(S(C)(=O)=O)c4F)ncc3C)cn(COCC[Si](C)(C)C)c12)N1CCN(C)CC1. The summed E-state index contributed by atoms with van der Waals surface area (Å²) in [5.74, 6) is -0.618. The zero-order valence-corrected chi connectivity index (χ0v) is 31.1. The number of anilines is 3. The van der Waals surface area contributed by atoms with Crippen molar-refractivity contribution in [1.29, 1.82) is 0 Å². The summed E-state index contributed by atoms with van der Waals surface area (Å²) < 4.78 is 47.4. The number of hydrogen-bond donors (Lipinski definition) is 2. The van der Waals surface area contributed by atoms with Gasteiger partial charge in [-0.1, -0.05) is 32.6 Å². The Morgan fingerprint density at radius 3 is 2.53 bits per heavy atom. The number of nitrogens with one attached hydrogen (secondary N) is 2. The summed E-state index contributed by atoms with van der Waals surface area (Å²) in [4.78, 5) is 36.0. The minimum absolute atomic E-state index is 0.0676. The Labute approximate surface area is 288 Å². The molecule has 4 aromatic rings. The molecule has 4 heterocycles. The number of fused-ring (bicyclic) bond motifs is 1. The van der Waals surface area contributed by atoms with Crippen molar-refractivity contribution in [3.8, 4) is 11.3 Å². The number of likely N-dealkylation sites (N-methyl/N-ethyl adjacent to an activating group) is 1. The first-order valence-electron chi connectivity index (χ1n) is 16.4. The molecule has 0 aliphatic carbocycles. The van der Waals surface area contributed by atoms with Crippen molar-refractivity contribution in [1.82, 2.24) is 34.3 Å². The van der Waals surface area contributed by atoms with Crippen LogP contribution in [0.4, 0.5) is 21.8 Å². The van der Waals surface area contributed by atoms with Crippen LogP contribution in [0, 0.1) is 12.7 Å². The number of carbonyl (C=O) groups excluding carboxylic acids is 1. The van der Waals surface area contributed by atoms with Crippen LogP contribution in [0.5, 0.6) is 0 Å². The Bertz CT molecular complexity index is 1930. The minimum atomic E-state index is -3.79. The number of amides is 1. The molecule has 1 saturated heterocycles. The van der Waals surface area contributed by atoms with E-state index in [1.807, 2.05) is 24.6 Å². The number of nitrogens with zero attached hydrogens (tertiary/aromatic N) is 7. The van der Waals surface area contributed by atoms with Gasteiger partial charge in [0.15, 0.2) is 21.5 Å². The molecule has 3 aromatic heterocycles. The normalized spacial score (nSPS) is 15.4. The number of sulfone groups is 1. The van der Waals surface area contributed by atoms with Crippen LogP contribution in [0.1, 0.15) is 18.9 Å². The summed E-state index contributed by atoms with van der Waals surface area (Å²) in [5.41, 5.74) is 2.94. The van der Waals surface area contributed by atoms with Gasteiger partial charge in [-0.05, 0) is 44.1 Å². The molecular weight excluding hydrogens is 666 g/mol. The molecule has 1 aliphatic heterocycles. The number of aromatic nitrogens is 5. The summed E-state index contributed by atoms with van der Waals surface area (Å²) in [6.45, 7) is 14.9. The molecule has 5 rings (SSSR count). The highest BCUT2D eigenvalue weighted by atomic mass is 32.2. The summed E-state index contributed by atoms with van der Waals surface area (Å²) in [7, 11) is -3.05. The Balaban J connectivity index is 1.52. The van der Waals surface area contributed by atoms with E-state index < -0.39 is 28.6 Å². The maximum absolute atomic E-state index is 15.2. The van der Waals surface area contributed by atoms with Gasteiger partial charge in [0.1, 0.15) is 29.0 Å². The van der Waals surface area contributed by atoms with E-state index in [1.165, 1.54) is 24.5 Å². The zero-order valence-electron chi connectivity index (χ0n) is 29.2. The smallest absolute Gasteiger partial charge is 0.242 e. The second-order valence-electron chi connectivity index (χ2n) is 13.8. The molecule has 1 unspecified atom stereocenters. The van der Waals surface area contributed by atoms with Gasteiger partial charge in [0.05, 0.1) is 17.4 Å². The van der Waals surface area contributed by atoms with Gasteiger partial charge in [0.2, 0.25) is 11.9 Å². The van der Waals surface area contributed by atoms with Crippen molar-refractivity contribution < 1.29 is 22.3 Å². The average molecular weight is 712 g/mol. The van der Waals surface area contributed by atoms with Crippen LogP contribution in [0.3, 0.4) is 0 Å². The van der Waals surface area contributed by atoms with Crippen molar-refractivity contribution in [2.75, 3.05) is 56.7 Å². The molecule has 2 N–H and O–H groups in total. The van der Waals surface area contributed by atoms with Crippen molar-refractivity contribution in [2.45, 2.75) is 63.6 Å². The molecular formula is C33H46FN9O4SSi. The molecule has 13 nitrogen and oxygen atoms in total. The van der Waals surface area contributed by atoms with Gasteiger partial charge >= 0.3 is 0 Å². The number of aryl methyl sites for hydroxylation is 1. The quantitative estimate of drug-likeness (QED) is 0.146. The molecule has 264 valence electrons. The van der Waals surface area contributed by atoms with Crippen LogP contribution in [0.15, 0.2) is 41.8 Å². The fraction of sp³-hybridized carbons (Fsp3) is 0.485. The second-order valence-corrected chi connectivity index (χ2v) is 21.4. The van der Waals surface area contributed by atoms with E-state index in [-0.39, 0.29) is 30.3 Å². The van der Waals surface area contributed by atoms with Crippen LogP contribution < -0.4 is 10.6 Å². The lowest BCUT2D eigenvalue weighted by atomic mass is 10.1. The Kier molecular flexibility index (Phi) is 11.1. The lowest BCUT2D eigenvalue weighted by molar-refractivity contribution is -0.122. The number of benzene rings is 1. The van der Waals surface area contributed by atoms with E-state index in [2.05, 4.69) is 62.1 Å². The van der Waals surface area contributed by atoms with Crippen molar-refractivity contribution in [3.63, 3.8) is 0 Å². The fourth-order valence-electron chi connectivity index (χ4n) is 5.77. The predicted molar refractivity (Wildman–Crippen MR) is 192 cm³/mol. The Hall–Kier alpha value is -3.83. The third-order valence-corrected chi connectivity index (χ3v) is 11.4. The summed E-state index contributed by atoms with van der Waals surface area (Å²) in [6, 6.07) is 4.76. The molecule has 0 saturated carbocycles. The monoisotopic (exact) mass is 711 g/mol. The summed E-state index contributed by atoms with van der Waals surface area (Å²) in [6.07, 6.45) is 6.48. The molecule has 1 amide bonds. The van der Waals surface area contributed by atoms with Gasteiger partial charge in [0.25, 0.3) is 0 Å². The highest BCUT2D eigenvalue weighted by Crippen LogP contribution is 2.34. The highest BCUT2D eigenvalue weighted by molar-refractivity contribution is 7.90. The highest BCUT2D eigenvalue weighted by Gasteiger charge is 2.29. The number of carbonyl (C=O) groups is 1. The largest absolute Gasteiger partial charge is 0.361 e. The standard InChI is InChI=1S/C33H46FN9O4SSi/c1-8-25(42-14-12-41(3)13-15-42)32(44)40-31-30-29(36-20-37-31)23(19-43(30)21-47-16-17-49(5,6)7)28-22(2)18-35-33(39-28)38-24-10-9-11-26(27(24)34)48(4,45)46/h9-11,18-20,25H,8,12-17,21H2,1-7H3,(H,35,38,39)(H,36,37,40,44). The molecule has 0 radical (unpaired) electrons. The first-order chi connectivity index (χ1) is 23.2. The predicted octanol–water partition coefficient (Wildman–Crippen LogP) is 4.76. The van der Waals surface area contributed by atoms with E-state index in [1.54, 1.807) is 6.20 Å². The Morgan fingerprint density at radius 1 is 1.12 bits per heavy atom. The van der Waals surface area contributed by atoms with Gasteiger partial charge in [0, 0.05) is 65.1 Å². The minimum Gasteiger partial charge on any atom is -0.361 e. The third-order valence-electron chi connectivity index (χ3n) is 8.62. The van der Waals surface area contributed by atoms with E-state index in [4.69, 9.17) is 9.72 Å². The van der Waals surface area contributed by atoms with Gasteiger partial charge in [-0.3, -0.25) is 9.69 Å². The van der Waals surface area contributed by atoms with Gasteiger partial charge in [-0.25, -0.2) is 32.7 Å². The van der Waals surface area contributed by atoms with Crippen molar-refractivity contribution >= 4 is 52.3 Å². The molecule has 16 heteroatoms. The van der Waals surface area contributed by atoms with Crippen LogP contribution >= 0.6 is 0 Å². The lowest BCUT2D eigenvalue weighted by Crippen LogP contribution is -2.52. The molecule has 49 heavy (non-hydrogen) atoms. The first kappa shape index (κ1) is 36.4. The lowest BCUT2D eigenvalue weighted by Gasteiger charge is -2.36. The van der Waals surface area contributed by atoms with Crippen molar-refractivity contribution in [3.05, 3.63) is 48.3 Å². The second kappa shape index (κ2) is 15.0. The molecule has 1 aromatic carbocycles. The van der Waals surface area contributed by atoms with Gasteiger partial charge in [-0.2, -0.15) is 0 Å². The van der Waals surface area contributed by atoms with E-state index in [0.29, 0.717) is 41.1 Å². The third kappa shape index (κ3) is 8.67. The summed E-state index contributed by atoms with van der Waals surface area (Å²) in [5, 5.41) is 5.93. The molecule has 1 fully saturated rings. The fourth-order valence-corrected chi connectivity index (χ4v) is 7.29. The first-order valence-corrected chi connectivity index (χ1v) is 22.0. The zero-order chi connectivity index (χ0) is 35.5. The van der Waals surface area contributed by atoms with Crippen molar-refractivity contribution in [2.24, 2.45) is 0 Å². The van der Waals surface area contributed by atoms with Crippen LogP contribution in [0.2, 0.25) is 25.7 Å². The van der Waals surface area contributed by atoms with Crippen LogP contribution in [0.25, 0.3) is 22.3 Å². The number of halogens is 1. The molecule has 0 bridgehead atoms. The average Bonchev–Trinajstić information content (AvgIpc) is 3.40. The number of piperazine rings is 1. The molecule has 0 spiro atoms. The maximum Gasteiger partial charge on any atom is 0.242 e. The Morgan fingerprint density at radius 2 is 1.86 bits per heavy atom. The van der Waals surface area contributed by atoms with Gasteiger partial charge < -0.3 is 24.8 Å². The van der Waals surface area contributed by atoms with E-state index >= 15 is 4.39 Å².